The summed E-state index contributed by atoms with van der Waals surface area (Å²) >= 11 is 0. The summed E-state index contributed by atoms with van der Waals surface area (Å²) in [7, 11) is 1.65. The van der Waals surface area contributed by atoms with Crippen molar-refractivity contribution >= 4 is 0 Å². The summed E-state index contributed by atoms with van der Waals surface area (Å²) < 4.78 is 5.07. The lowest BCUT2D eigenvalue weighted by Gasteiger charge is -2.22. The molecule has 1 N–H and O–H groups in total. The minimum absolute atomic E-state index is 0.662. The highest BCUT2D eigenvalue weighted by atomic mass is 16.5. The van der Waals surface area contributed by atoms with Crippen LogP contribution in [0.15, 0.2) is 18.3 Å². The molecule has 0 saturated heterocycles. The van der Waals surface area contributed by atoms with Crippen LogP contribution < -0.4 is 10.1 Å². The van der Waals surface area contributed by atoms with Crippen LogP contribution in [0.1, 0.15) is 44.6 Å². The summed E-state index contributed by atoms with van der Waals surface area (Å²) in [5.41, 5.74) is 1.23. The molecule has 0 aliphatic heterocycles. The van der Waals surface area contributed by atoms with Crippen LogP contribution in [-0.4, -0.2) is 18.1 Å². The molecule has 0 radical (unpaired) electrons. The minimum atomic E-state index is 0.662. The molecule has 3 nitrogen and oxygen atoms in total. The molecule has 18 heavy (non-hydrogen) atoms. The summed E-state index contributed by atoms with van der Waals surface area (Å²) in [4.78, 5) is 4.24. The highest BCUT2D eigenvalue weighted by Gasteiger charge is 2.18. The molecule has 1 heterocycles. The molecule has 0 amide bonds. The summed E-state index contributed by atoms with van der Waals surface area (Å²) in [6.07, 6.45) is 8.72. The van der Waals surface area contributed by atoms with Crippen LogP contribution in [0.4, 0.5) is 0 Å². The lowest BCUT2D eigenvalue weighted by Crippen LogP contribution is -2.33. The average Bonchev–Trinajstić information content (AvgIpc) is 2.62. The van der Waals surface area contributed by atoms with Gasteiger partial charge in [-0.05, 0) is 24.3 Å². The third kappa shape index (κ3) is 3.70. The lowest BCUT2D eigenvalue weighted by molar-refractivity contribution is 0.355. The maximum atomic E-state index is 5.07. The fourth-order valence-electron chi connectivity index (χ4n) is 2.68. The highest BCUT2D eigenvalue weighted by Crippen LogP contribution is 2.23. The molecule has 1 fully saturated rings. The van der Waals surface area contributed by atoms with E-state index in [1.165, 1.54) is 37.7 Å². The Hall–Kier alpha value is -1.09. The first-order chi connectivity index (χ1) is 8.79. The van der Waals surface area contributed by atoms with E-state index in [4.69, 9.17) is 4.74 Å². The number of aromatic nitrogens is 1. The van der Waals surface area contributed by atoms with Crippen molar-refractivity contribution in [3.63, 3.8) is 0 Å². The number of nitrogens with zero attached hydrogens (tertiary/aromatic N) is 1. The minimum Gasteiger partial charge on any atom is -0.481 e. The fourth-order valence-corrected chi connectivity index (χ4v) is 2.68. The first kappa shape index (κ1) is 13.3. The molecule has 1 aromatic heterocycles. The van der Waals surface area contributed by atoms with Gasteiger partial charge in [-0.2, -0.15) is 0 Å². The van der Waals surface area contributed by atoms with Crippen LogP contribution in [-0.2, 0) is 6.54 Å². The fraction of sp³-hybridized carbons (Fsp3) is 0.667. The van der Waals surface area contributed by atoms with Crippen molar-refractivity contribution in [1.29, 1.82) is 0 Å². The second kappa shape index (κ2) is 6.74. The molecule has 100 valence electrons. The Morgan fingerprint density at radius 3 is 2.83 bits per heavy atom. The zero-order valence-electron chi connectivity index (χ0n) is 11.5. The van der Waals surface area contributed by atoms with Gasteiger partial charge in [-0.15, -0.1) is 0 Å². The van der Waals surface area contributed by atoms with Crippen molar-refractivity contribution in [1.82, 2.24) is 10.3 Å². The smallest absolute Gasteiger partial charge is 0.212 e. The predicted molar refractivity (Wildman–Crippen MR) is 73.7 cm³/mol. The van der Waals surface area contributed by atoms with E-state index in [2.05, 4.69) is 23.3 Å². The van der Waals surface area contributed by atoms with Crippen LogP contribution in [0.25, 0.3) is 0 Å². The monoisotopic (exact) mass is 248 g/mol. The molecular formula is C15H24N2O. The SMILES string of the molecule is COc1ccc(CNC2CCCCCC2C)cn1. The van der Waals surface area contributed by atoms with Crippen molar-refractivity contribution in [2.24, 2.45) is 5.92 Å². The predicted octanol–water partition coefficient (Wildman–Crippen LogP) is 3.15. The number of methoxy groups -OCH3 is 1. The van der Waals surface area contributed by atoms with Gasteiger partial charge in [-0.25, -0.2) is 4.98 Å². The number of pyridine rings is 1. The van der Waals surface area contributed by atoms with E-state index in [9.17, 15) is 0 Å². The second-order valence-corrected chi connectivity index (χ2v) is 5.31. The molecule has 1 aromatic rings. The topological polar surface area (TPSA) is 34.1 Å². The highest BCUT2D eigenvalue weighted by molar-refractivity contribution is 5.17. The van der Waals surface area contributed by atoms with Crippen molar-refractivity contribution in [2.75, 3.05) is 7.11 Å². The first-order valence-electron chi connectivity index (χ1n) is 7.02. The standard InChI is InChI=1S/C15H24N2O/c1-12-6-4-3-5-7-14(12)16-10-13-8-9-15(18-2)17-11-13/h8-9,11-12,14,16H,3-7,10H2,1-2H3. The molecule has 0 spiro atoms. The molecular weight excluding hydrogens is 224 g/mol. The largest absolute Gasteiger partial charge is 0.481 e. The van der Waals surface area contributed by atoms with Crippen LogP contribution in [0.3, 0.4) is 0 Å². The van der Waals surface area contributed by atoms with Crippen molar-refractivity contribution in [3.8, 4) is 5.88 Å². The van der Waals surface area contributed by atoms with Gasteiger partial charge in [0.25, 0.3) is 0 Å². The Balaban J connectivity index is 1.85. The van der Waals surface area contributed by atoms with Crippen LogP contribution in [0.2, 0.25) is 0 Å². The van der Waals surface area contributed by atoms with Gasteiger partial charge in [0.15, 0.2) is 0 Å². The molecule has 3 heteroatoms. The summed E-state index contributed by atoms with van der Waals surface area (Å²) in [5.74, 6) is 1.47. The number of hydrogen-bond donors (Lipinski definition) is 1. The van der Waals surface area contributed by atoms with E-state index in [0.717, 1.165) is 12.5 Å². The quantitative estimate of drug-likeness (QED) is 0.831. The summed E-state index contributed by atoms with van der Waals surface area (Å²) in [6.45, 7) is 3.28. The molecule has 0 aromatic carbocycles. The second-order valence-electron chi connectivity index (χ2n) is 5.31. The average molecular weight is 248 g/mol. The third-order valence-corrected chi connectivity index (χ3v) is 3.94. The molecule has 0 bridgehead atoms. The Morgan fingerprint density at radius 1 is 1.28 bits per heavy atom. The normalized spacial score (nSPS) is 24.6. The Labute approximate surface area is 110 Å². The summed E-state index contributed by atoms with van der Waals surface area (Å²) in [6, 6.07) is 4.67. The zero-order valence-corrected chi connectivity index (χ0v) is 11.5. The van der Waals surface area contributed by atoms with Gasteiger partial charge in [0.2, 0.25) is 5.88 Å². The van der Waals surface area contributed by atoms with E-state index in [-0.39, 0.29) is 0 Å². The van der Waals surface area contributed by atoms with E-state index in [1.54, 1.807) is 7.11 Å². The van der Waals surface area contributed by atoms with Gasteiger partial charge < -0.3 is 10.1 Å². The van der Waals surface area contributed by atoms with Crippen LogP contribution in [0.5, 0.6) is 5.88 Å². The molecule has 2 rings (SSSR count). The van der Waals surface area contributed by atoms with Crippen LogP contribution in [0, 0.1) is 5.92 Å². The van der Waals surface area contributed by atoms with Crippen molar-refractivity contribution in [2.45, 2.75) is 51.6 Å². The summed E-state index contributed by atoms with van der Waals surface area (Å²) in [5, 5.41) is 3.68. The Bertz CT molecular complexity index is 350. The van der Waals surface area contributed by atoms with Gasteiger partial charge in [0, 0.05) is 24.8 Å². The number of hydrogen-bond acceptors (Lipinski definition) is 3. The Morgan fingerprint density at radius 2 is 2.11 bits per heavy atom. The van der Waals surface area contributed by atoms with Gasteiger partial charge in [-0.3, -0.25) is 0 Å². The lowest BCUT2D eigenvalue weighted by atomic mass is 9.97. The van der Waals surface area contributed by atoms with Crippen molar-refractivity contribution in [3.05, 3.63) is 23.9 Å². The van der Waals surface area contributed by atoms with E-state index in [0.29, 0.717) is 11.9 Å². The molecule has 1 saturated carbocycles. The first-order valence-corrected chi connectivity index (χ1v) is 7.02. The van der Waals surface area contributed by atoms with E-state index >= 15 is 0 Å². The van der Waals surface area contributed by atoms with E-state index < -0.39 is 0 Å². The Kier molecular flexibility index (Phi) is 5.00. The number of ether oxygens (including phenoxy) is 1. The van der Waals surface area contributed by atoms with Gasteiger partial charge in [0.05, 0.1) is 7.11 Å². The third-order valence-electron chi connectivity index (χ3n) is 3.94. The maximum Gasteiger partial charge on any atom is 0.212 e. The molecule has 1 aliphatic carbocycles. The number of rotatable bonds is 4. The van der Waals surface area contributed by atoms with Gasteiger partial charge >= 0.3 is 0 Å². The zero-order chi connectivity index (χ0) is 12.8. The number of nitrogens with one attached hydrogen (secondary N) is 1. The molecule has 1 aliphatic rings. The van der Waals surface area contributed by atoms with Crippen LogP contribution >= 0.6 is 0 Å². The molecule has 2 unspecified atom stereocenters. The maximum absolute atomic E-state index is 5.07. The van der Waals surface area contributed by atoms with Crippen molar-refractivity contribution < 1.29 is 4.74 Å². The van der Waals surface area contributed by atoms with E-state index in [1.807, 2.05) is 12.3 Å². The van der Waals surface area contributed by atoms with Gasteiger partial charge in [-0.1, -0.05) is 32.3 Å². The molecule has 2 atom stereocenters. The van der Waals surface area contributed by atoms with Gasteiger partial charge in [0.1, 0.15) is 0 Å².